The van der Waals surface area contributed by atoms with Crippen LogP contribution < -0.4 is 10.6 Å². The SMILES string of the molecule is CCNC(=NCc1cccc(C)n1)NCCC(F)(F)F. The average molecular weight is 288 g/mol. The highest BCUT2D eigenvalue weighted by atomic mass is 19.4. The Bertz CT molecular complexity index is 443. The molecule has 20 heavy (non-hydrogen) atoms. The summed E-state index contributed by atoms with van der Waals surface area (Å²) in [5.41, 5.74) is 1.66. The number of aliphatic imine (C=N–C) groups is 1. The molecular formula is C13H19F3N4. The lowest BCUT2D eigenvalue weighted by Crippen LogP contribution is -2.38. The third-order valence-electron chi connectivity index (χ3n) is 2.39. The normalized spacial score (nSPS) is 12.3. The monoisotopic (exact) mass is 288 g/mol. The van der Waals surface area contributed by atoms with Crippen LogP contribution in [0.1, 0.15) is 24.7 Å². The number of hydrogen-bond acceptors (Lipinski definition) is 2. The minimum atomic E-state index is -4.16. The van der Waals surface area contributed by atoms with E-state index in [-0.39, 0.29) is 6.54 Å². The summed E-state index contributed by atoms with van der Waals surface area (Å²) in [5, 5.41) is 5.55. The molecule has 0 aliphatic carbocycles. The van der Waals surface area contributed by atoms with Crippen molar-refractivity contribution >= 4 is 5.96 Å². The Hall–Kier alpha value is -1.79. The summed E-state index contributed by atoms with van der Waals surface area (Å²) in [4.78, 5) is 8.49. The highest BCUT2D eigenvalue weighted by Gasteiger charge is 2.26. The average Bonchev–Trinajstić information content (AvgIpc) is 2.34. The molecule has 0 amide bonds. The molecule has 0 aliphatic heterocycles. The second kappa shape index (κ2) is 7.72. The molecule has 0 spiro atoms. The van der Waals surface area contributed by atoms with E-state index in [9.17, 15) is 13.2 Å². The van der Waals surface area contributed by atoms with E-state index in [0.717, 1.165) is 11.4 Å². The maximum Gasteiger partial charge on any atom is 0.390 e. The van der Waals surface area contributed by atoms with Crippen molar-refractivity contribution in [3.8, 4) is 0 Å². The number of hydrogen-bond donors (Lipinski definition) is 2. The Morgan fingerprint density at radius 3 is 2.65 bits per heavy atom. The van der Waals surface area contributed by atoms with Crippen molar-refractivity contribution in [2.45, 2.75) is 33.0 Å². The predicted octanol–water partition coefficient (Wildman–Crippen LogP) is 2.40. The molecule has 0 saturated carbocycles. The van der Waals surface area contributed by atoms with E-state index in [4.69, 9.17) is 0 Å². The zero-order valence-corrected chi connectivity index (χ0v) is 11.6. The molecule has 0 unspecified atom stereocenters. The molecule has 1 aromatic rings. The molecule has 0 aromatic carbocycles. The molecule has 0 atom stereocenters. The lowest BCUT2D eigenvalue weighted by molar-refractivity contribution is -0.132. The van der Waals surface area contributed by atoms with E-state index in [0.29, 0.717) is 19.0 Å². The zero-order chi connectivity index (χ0) is 15.0. The van der Waals surface area contributed by atoms with E-state index >= 15 is 0 Å². The molecule has 112 valence electrons. The van der Waals surface area contributed by atoms with Gasteiger partial charge in [0.25, 0.3) is 0 Å². The van der Waals surface area contributed by atoms with E-state index in [1.807, 2.05) is 32.0 Å². The van der Waals surface area contributed by atoms with Crippen LogP contribution in [0.3, 0.4) is 0 Å². The smallest absolute Gasteiger partial charge is 0.357 e. The van der Waals surface area contributed by atoms with Crippen LogP contribution in [0.2, 0.25) is 0 Å². The summed E-state index contributed by atoms with van der Waals surface area (Å²) < 4.78 is 36.2. The number of nitrogens with one attached hydrogen (secondary N) is 2. The number of pyridine rings is 1. The van der Waals surface area contributed by atoms with Gasteiger partial charge in [-0.3, -0.25) is 4.98 Å². The summed E-state index contributed by atoms with van der Waals surface area (Å²) in [6.45, 7) is 4.44. The summed E-state index contributed by atoms with van der Waals surface area (Å²) in [6, 6.07) is 5.58. The highest BCUT2D eigenvalue weighted by molar-refractivity contribution is 5.79. The van der Waals surface area contributed by atoms with Crippen LogP contribution in [0.4, 0.5) is 13.2 Å². The number of guanidine groups is 1. The van der Waals surface area contributed by atoms with Gasteiger partial charge >= 0.3 is 6.18 Å². The van der Waals surface area contributed by atoms with Gasteiger partial charge in [-0.15, -0.1) is 0 Å². The summed E-state index contributed by atoms with van der Waals surface area (Å²) >= 11 is 0. The van der Waals surface area contributed by atoms with Crippen LogP contribution >= 0.6 is 0 Å². The number of aryl methyl sites for hydroxylation is 1. The lowest BCUT2D eigenvalue weighted by Gasteiger charge is -2.12. The molecule has 0 radical (unpaired) electrons. The van der Waals surface area contributed by atoms with Crippen LogP contribution in [-0.4, -0.2) is 30.2 Å². The molecule has 7 heteroatoms. The van der Waals surface area contributed by atoms with Gasteiger partial charge < -0.3 is 10.6 Å². The van der Waals surface area contributed by atoms with Gasteiger partial charge in [-0.25, -0.2) is 4.99 Å². The minimum absolute atomic E-state index is 0.198. The van der Waals surface area contributed by atoms with Gasteiger partial charge in [0.1, 0.15) is 0 Å². The Balaban J connectivity index is 2.54. The Morgan fingerprint density at radius 1 is 1.30 bits per heavy atom. The van der Waals surface area contributed by atoms with Crippen LogP contribution in [-0.2, 0) is 6.54 Å². The van der Waals surface area contributed by atoms with E-state index in [2.05, 4.69) is 20.6 Å². The molecule has 0 saturated heterocycles. The molecule has 1 aromatic heterocycles. The first kappa shape index (κ1) is 16.3. The fourth-order valence-electron chi connectivity index (χ4n) is 1.51. The van der Waals surface area contributed by atoms with Crippen LogP contribution in [0.25, 0.3) is 0 Å². The van der Waals surface area contributed by atoms with Gasteiger partial charge in [0.2, 0.25) is 0 Å². The zero-order valence-electron chi connectivity index (χ0n) is 11.6. The van der Waals surface area contributed by atoms with Crippen molar-refractivity contribution in [2.75, 3.05) is 13.1 Å². The molecule has 0 fully saturated rings. The minimum Gasteiger partial charge on any atom is -0.357 e. The Labute approximate surface area is 116 Å². The van der Waals surface area contributed by atoms with Gasteiger partial charge in [0, 0.05) is 18.8 Å². The third kappa shape index (κ3) is 6.96. The van der Waals surface area contributed by atoms with Gasteiger partial charge in [-0.2, -0.15) is 13.2 Å². The summed E-state index contributed by atoms with van der Waals surface area (Å²) in [5.74, 6) is 0.361. The standard InChI is InChI=1S/C13H19F3N4/c1-3-17-12(18-8-7-13(14,15)16)19-9-11-6-4-5-10(2)20-11/h4-6H,3,7-9H2,1-2H3,(H2,17,18,19). The Kier molecular flexibility index (Phi) is 6.27. The van der Waals surface area contributed by atoms with E-state index in [1.165, 1.54) is 0 Å². The van der Waals surface area contributed by atoms with Crippen molar-refractivity contribution in [1.29, 1.82) is 0 Å². The maximum atomic E-state index is 12.1. The summed E-state index contributed by atoms with van der Waals surface area (Å²) in [7, 11) is 0. The maximum absolute atomic E-state index is 12.1. The molecule has 1 rings (SSSR count). The van der Waals surface area contributed by atoms with Crippen LogP contribution in [0, 0.1) is 6.92 Å². The first-order valence-electron chi connectivity index (χ1n) is 6.42. The van der Waals surface area contributed by atoms with Crippen molar-refractivity contribution in [3.05, 3.63) is 29.6 Å². The topological polar surface area (TPSA) is 49.3 Å². The highest BCUT2D eigenvalue weighted by Crippen LogP contribution is 2.18. The Morgan fingerprint density at radius 2 is 2.05 bits per heavy atom. The number of rotatable bonds is 5. The van der Waals surface area contributed by atoms with Gasteiger partial charge in [0.05, 0.1) is 18.7 Å². The number of halogens is 3. The number of aromatic nitrogens is 1. The van der Waals surface area contributed by atoms with Gasteiger partial charge in [0.15, 0.2) is 5.96 Å². The number of nitrogens with zero attached hydrogens (tertiary/aromatic N) is 2. The lowest BCUT2D eigenvalue weighted by atomic mass is 10.3. The largest absolute Gasteiger partial charge is 0.390 e. The van der Waals surface area contributed by atoms with Crippen molar-refractivity contribution in [1.82, 2.24) is 15.6 Å². The summed E-state index contributed by atoms with van der Waals surface area (Å²) in [6.07, 6.45) is -5.05. The molecule has 4 nitrogen and oxygen atoms in total. The molecule has 2 N–H and O–H groups in total. The van der Waals surface area contributed by atoms with Gasteiger partial charge in [-0.05, 0) is 26.0 Å². The molecule has 0 bridgehead atoms. The quantitative estimate of drug-likeness (QED) is 0.646. The fraction of sp³-hybridized carbons (Fsp3) is 0.538. The number of alkyl halides is 3. The fourth-order valence-corrected chi connectivity index (χ4v) is 1.51. The first-order valence-corrected chi connectivity index (χ1v) is 6.42. The van der Waals surface area contributed by atoms with Crippen LogP contribution in [0.15, 0.2) is 23.2 Å². The predicted molar refractivity (Wildman–Crippen MR) is 72.5 cm³/mol. The van der Waals surface area contributed by atoms with E-state index in [1.54, 1.807) is 0 Å². The second-order valence-electron chi connectivity index (χ2n) is 4.26. The van der Waals surface area contributed by atoms with Crippen molar-refractivity contribution in [3.63, 3.8) is 0 Å². The first-order chi connectivity index (χ1) is 9.40. The van der Waals surface area contributed by atoms with E-state index < -0.39 is 12.6 Å². The van der Waals surface area contributed by atoms with Gasteiger partial charge in [-0.1, -0.05) is 6.07 Å². The molecule has 1 heterocycles. The molecular weight excluding hydrogens is 269 g/mol. The van der Waals surface area contributed by atoms with Crippen LogP contribution in [0.5, 0.6) is 0 Å². The van der Waals surface area contributed by atoms with Crippen molar-refractivity contribution < 1.29 is 13.2 Å². The van der Waals surface area contributed by atoms with Crippen molar-refractivity contribution in [2.24, 2.45) is 4.99 Å². The third-order valence-corrected chi connectivity index (χ3v) is 2.39. The molecule has 0 aliphatic rings. The second-order valence-corrected chi connectivity index (χ2v) is 4.26.